The molecule has 0 fully saturated rings. The molecule has 26 heavy (non-hydrogen) atoms. The molecule has 3 aromatic rings. The van der Waals surface area contributed by atoms with E-state index in [2.05, 4.69) is 21.4 Å². The summed E-state index contributed by atoms with van der Waals surface area (Å²) < 4.78 is 0. The van der Waals surface area contributed by atoms with Crippen molar-refractivity contribution in [3.63, 3.8) is 0 Å². The second-order valence-corrected chi connectivity index (χ2v) is 6.62. The molecule has 5 nitrogen and oxygen atoms in total. The number of halogens is 1. The van der Waals surface area contributed by atoms with E-state index in [4.69, 9.17) is 11.6 Å². The Kier molecular flexibility index (Phi) is 4.31. The van der Waals surface area contributed by atoms with E-state index in [-0.39, 0.29) is 5.91 Å². The number of aromatic nitrogens is 2. The van der Waals surface area contributed by atoms with Crippen LogP contribution in [0.5, 0.6) is 0 Å². The van der Waals surface area contributed by atoms with E-state index in [1.165, 1.54) is 5.56 Å². The van der Waals surface area contributed by atoms with Crippen LogP contribution in [0.15, 0.2) is 54.7 Å². The van der Waals surface area contributed by atoms with Crippen molar-refractivity contribution >= 4 is 34.8 Å². The number of para-hydroxylation sites is 1. The molecule has 0 atom stereocenters. The molecule has 0 unspecified atom stereocenters. The lowest BCUT2D eigenvalue weighted by atomic mass is 10.2. The van der Waals surface area contributed by atoms with Crippen molar-refractivity contribution in [3.05, 3.63) is 76.6 Å². The molecular weight excluding hydrogens is 348 g/mol. The van der Waals surface area contributed by atoms with Gasteiger partial charge >= 0.3 is 0 Å². The van der Waals surface area contributed by atoms with Gasteiger partial charge in [0.1, 0.15) is 5.69 Å². The van der Waals surface area contributed by atoms with E-state index >= 15 is 0 Å². The fraction of sp³-hybridized carbons (Fsp3) is 0.150. The van der Waals surface area contributed by atoms with E-state index in [0.29, 0.717) is 23.2 Å². The molecule has 0 radical (unpaired) electrons. The maximum Gasteiger partial charge on any atom is 0.277 e. The molecule has 130 valence electrons. The number of carbonyl (C=O) groups excluding carboxylic acids is 1. The Morgan fingerprint density at radius 1 is 1.19 bits per heavy atom. The first-order valence-corrected chi connectivity index (χ1v) is 8.75. The third-order valence-electron chi connectivity index (χ3n) is 4.44. The van der Waals surface area contributed by atoms with Gasteiger partial charge in [0.25, 0.3) is 5.91 Å². The van der Waals surface area contributed by atoms with Gasteiger partial charge in [-0.25, -0.2) is 9.97 Å². The predicted octanol–water partition coefficient (Wildman–Crippen LogP) is 4.38. The number of carbonyl (C=O) groups is 1. The zero-order valence-electron chi connectivity index (χ0n) is 14.2. The highest BCUT2D eigenvalue weighted by Gasteiger charge is 2.26. The highest BCUT2D eigenvalue weighted by atomic mass is 35.5. The van der Waals surface area contributed by atoms with Gasteiger partial charge in [0.05, 0.1) is 0 Å². The first-order valence-electron chi connectivity index (χ1n) is 8.38. The van der Waals surface area contributed by atoms with Crippen LogP contribution in [0.4, 0.5) is 17.3 Å². The summed E-state index contributed by atoms with van der Waals surface area (Å²) >= 11 is 5.99. The SMILES string of the molecule is Cc1cc(Cl)ccc1Nc1nccc(C(=O)N2CCc3ccccc32)n1. The van der Waals surface area contributed by atoms with Gasteiger partial charge in [-0.05, 0) is 54.8 Å². The van der Waals surface area contributed by atoms with Gasteiger partial charge < -0.3 is 10.2 Å². The largest absolute Gasteiger partial charge is 0.324 e. The quantitative estimate of drug-likeness (QED) is 0.749. The standard InChI is InChI=1S/C20H17ClN4O/c1-13-12-15(21)6-7-16(13)23-20-22-10-8-17(24-20)19(26)25-11-9-14-4-2-3-5-18(14)25/h2-8,10,12H,9,11H2,1H3,(H,22,23,24). The Morgan fingerprint density at radius 3 is 2.88 bits per heavy atom. The molecule has 0 bridgehead atoms. The smallest absolute Gasteiger partial charge is 0.277 e. The Hall–Kier alpha value is -2.92. The predicted molar refractivity (Wildman–Crippen MR) is 103 cm³/mol. The number of nitrogens with zero attached hydrogens (tertiary/aromatic N) is 3. The van der Waals surface area contributed by atoms with Gasteiger partial charge in [-0.15, -0.1) is 0 Å². The Balaban J connectivity index is 1.59. The maximum absolute atomic E-state index is 12.9. The van der Waals surface area contributed by atoms with Crippen molar-refractivity contribution in [2.24, 2.45) is 0 Å². The highest BCUT2D eigenvalue weighted by Crippen LogP contribution is 2.29. The molecule has 6 heteroatoms. The number of hydrogen-bond acceptors (Lipinski definition) is 4. The van der Waals surface area contributed by atoms with E-state index in [1.54, 1.807) is 23.2 Å². The summed E-state index contributed by atoms with van der Waals surface area (Å²) in [5.74, 6) is 0.266. The second kappa shape index (κ2) is 6.77. The number of hydrogen-bond donors (Lipinski definition) is 1. The topological polar surface area (TPSA) is 58.1 Å². The lowest BCUT2D eigenvalue weighted by Gasteiger charge is -2.17. The molecule has 0 saturated carbocycles. The van der Waals surface area contributed by atoms with Crippen LogP contribution in [0.2, 0.25) is 5.02 Å². The van der Waals surface area contributed by atoms with Crippen LogP contribution in [-0.2, 0) is 6.42 Å². The molecule has 1 aliphatic heterocycles. The fourth-order valence-corrected chi connectivity index (χ4v) is 3.34. The molecule has 2 aromatic carbocycles. The average Bonchev–Trinajstić information content (AvgIpc) is 3.08. The zero-order valence-corrected chi connectivity index (χ0v) is 15.0. The van der Waals surface area contributed by atoms with Crippen molar-refractivity contribution in [2.75, 3.05) is 16.8 Å². The van der Waals surface area contributed by atoms with Crippen molar-refractivity contribution in [3.8, 4) is 0 Å². The summed E-state index contributed by atoms with van der Waals surface area (Å²) in [6.07, 6.45) is 2.46. The molecule has 1 amide bonds. The van der Waals surface area contributed by atoms with Crippen LogP contribution in [0.1, 0.15) is 21.6 Å². The number of amides is 1. The summed E-state index contributed by atoms with van der Waals surface area (Å²) in [5, 5.41) is 3.82. The van der Waals surface area contributed by atoms with E-state index in [9.17, 15) is 4.79 Å². The first-order chi connectivity index (χ1) is 12.6. The summed E-state index contributed by atoms with van der Waals surface area (Å²) in [6.45, 7) is 2.62. The molecule has 0 spiro atoms. The Bertz CT molecular complexity index is 989. The molecule has 0 saturated heterocycles. The monoisotopic (exact) mass is 364 g/mol. The van der Waals surface area contributed by atoms with Gasteiger partial charge in [0, 0.05) is 29.1 Å². The number of aryl methyl sites for hydroxylation is 1. The minimum atomic E-state index is -0.117. The van der Waals surface area contributed by atoms with E-state index in [1.807, 2.05) is 37.3 Å². The summed E-state index contributed by atoms with van der Waals surface area (Å²) in [4.78, 5) is 23.3. The minimum absolute atomic E-state index is 0.117. The highest BCUT2D eigenvalue weighted by molar-refractivity contribution is 6.30. The van der Waals surface area contributed by atoms with Gasteiger partial charge in [-0.2, -0.15) is 0 Å². The van der Waals surface area contributed by atoms with Crippen molar-refractivity contribution in [1.82, 2.24) is 9.97 Å². The number of fused-ring (bicyclic) bond motifs is 1. The second-order valence-electron chi connectivity index (χ2n) is 6.19. The van der Waals surface area contributed by atoms with Crippen molar-refractivity contribution in [2.45, 2.75) is 13.3 Å². The van der Waals surface area contributed by atoms with Crippen LogP contribution in [0.25, 0.3) is 0 Å². The number of rotatable bonds is 3. The molecule has 1 aliphatic rings. The lowest BCUT2D eigenvalue weighted by Crippen LogP contribution is -2.29. The van der Waals surface area contributed by atoms with Crippen LogP contribution >= 0.6 is 11.6 Å². The van der Waals surface area contributed by atoms with Gasteiger partial charge in [0.2, 0.25) is 5.95 Å². The lowest BCUT2D eigenvalue weighted by molar-refractivity contribution is 0.0984. The van der Waals surface area contributed by atoms with Crippen LogP contribution in [0, 0.1) is 6.92 Å². The normalized spacial score (nSPS) is 12.8. The third-order valence-corrected chi connectivity index (χ3v) is 4.68. The average molecular weight is 365 g/mol. The van der Waals surface area contributed by atoms with Crippen LogP contribution in [0.3, 0.4) is 0 Å². The minimum Gasteiger partial charge on any atom is -0.324 e. The fourth-order valence-electron chi connectivity index (χ4n) is 3.11. The number of anilines is 3. The number of nitrogens with one attached hydrogen (secondary N) is 1. The van der Waals surface area contributed by atoms with Crippen molar-refractivity contribution in [1.29, 1.82) is 0 Å². The summed E-state index contributed by atoms with van der Waals surface area (Å²) in [6, 6.07) is 15.1. The van der Waals surface area contributed by atoms with E-state index < -0.39 is 0 Å². The first kappa shape index (κ1) is 16.5. The third kappa shape index (κ3) is 3.13. The van der Waals surface area contributed by atoms with Crippen LogP contribution in [-0.4, -0.2) is 22.4 Å². The molecular formula is C20H17ClN4O. The van der Waals surface area contributed by atoms with Crippen LogP contribution < -0.4 is 10.2 Å². The Morgan fingerprint density at radius 2 is 2.04 bits per heavy atom. The maximum atomic E-state index is 12.9. The van der Waals surface area contributed by atoms with Gasteiger partial charge in [-0.1, -0.05) is 29.8 Å². The molecule has 2 heterocycles. The van der Waals surface area contributed by atoms with Gasteiger partial charge in [0.15, 0.2) is 0 Å². The Labute approximate surface area is 156 Å². The summed E-state index contributed by atoms with van der Waals surface area (Å²) in [7, 11) is 0. The van der Waals surface area contributed by atoms with E-state index in [0.717, 1.165) is 23.4 Å². The zero-order chi connectivity index (χ0) is 18.1. The number of benzene rings is 2. The van der Waals surface area contributed by atoms with Gasteiger partial charge in [-0.3, -0.25) is 4.79 Å². The molecule has 1 N–H and O–H groups in total. The molecule has 4 rings (SSSR count). The summed E-state index contributed by atoms with van der Waals surface area (Å²) in [5.41, 5.74) is 4.34. The van der Waals surface area contributed by atoms with Crippen molar-refractivity contribution < 1.29 is 4.79 Å². The molecule has 1 aromatic heterocycles. The molecule has 0 aliphatic carbocycles.